The van der Waals surface area contributed by atoms with Crippen LogP contribution in [0.1, 0.15) is 52.7 Å². The van der Waals surface area contributed by atoms with Crippen molar-refractivity contribution in [3.63, 3.8) is 0 Å². The minimum absolute atomic E-state index is 0. The maximum atomic E-state index is 11.5. The maximum Gasteiger partial charge on any atom is 0.164 e. The number of aliphatic hydroxyl groups excluding tert-OH is 1. The van der Waals surface area contributed by atoms with Crippen molar-refractivity contribution in [2.45, 2.75) is 55.4 Å². The number of fused-ring (bicyclic) bond motifs is 4. The normalized spacial score (nSPS) is 12.2. The Labute approximate surface area is 275 Å². The van der Waals surface area contributed by atoms with Gasteiger partial charge in [0.25, 0.3) is 0 Å². The van der Waals surface area contributed by atoms with E-state index >= 15 is 0 Å². The largest absolute Gasteiger partial charge is 0.512 e. The second kappa shape index (κ2) is 12.7. The van der Waals surface area contributed by atoms with Crippen molar-refractivity contribution >= 4 is 50.0 Å². The van der Waals surface area contributed by atoms with Gasteiger partial charge in [0, 0.05) is 59.0 Å². The van der Waals surface area contributed by atoms with Gasteiger partial charge in [0.2, 0.25) is 0 Å². The van der Waals surface area contributed by atoms with Gasteiger partial charge in [-0.15, -0.1) is 29.0 Å². The molecule has 3 aromatic heterocycles. The summed E-state index contributed by atoms with van der Waals surface area (Å²) in [5, 5.41) is 14.8. The third kappa shape index (κ3) is 6.83. The van der Waals surface area contributed by atoms with Crippen molar-refractivity contribution in [3.05, 3.63) is 88.7 Å². The summed E-state index contributed by atoms with van der Waals surface area (Å²) in [5.41, 5.74) is 9.60. The van der Waals surface area contributed by atoms with Gasteiger partial charge >= 0.3 is 0 Å². The second-order valence-corrected chi connectivity index (χ2v) is 13.6. The van der Waals surface area contributed by atoms with Crippen LogP contribution in [0.2, 0.25) is 0 Å². The zero-order valence-electron chi connectivity index (χ0n) is 26.2. The number of rotatable bonds is 3. The molecule has 229 valence electrons. The molecule has 6 nitrogen and oxygen atoms in total. The van der Waals surface area contributed by atoms with E-state index in [-0.39, 0.29) is 37.1 Å². The van der Waals surface area contributed by atoms with Gasteiger partial charge in [-0.25, -0.2) is 9.97 Å². The molecule has 0 bridgehead atoms. The molecule has 0 fully saturated rings. The molecule has 3 heterocycles. The molecule has 8 heteroatoms. The van der Waals surface area contributed by atoms with E-state index in [0.29, 0.717) is 0 Å². The molecule has 0 spiro atoms. The molecule has 0 saturated heterocycles. The van der Waals surface area contributed by atoms with Gasteiger partial charge in [-0.05, 0) is 30.0 Å². The third-order valence-electron chi connectivity index (χ3n) is 7.25. The fraction of sp³-hybridized carbons (Fsp3) is 0.278. The number of nitrogens with zero attached hydrogens (tertiary/aromatic N) is 3. The number of aryl methyl sites for hydroxylation is 2. The SMILES string of the molecule is CC(C)(C)C(=O)C=C(O)C(C)(C)C.Cc1[c-]c(-c2ncnc3cc(-c4cscn4)ccc23)c2oc3cccc(C)c3c2c1.[Ir]. The molecular weight excluding hydrogens is 747 g/mol. The fourth-order valence-corrected chi connectivity index (χ4v) is 5.24. The monoisotopic (exact) mass is 783 g/mol. The first kappa shape index (κ1) is 33.2. The molecular formula is C36H36IrN3O3S-. The molecule has 6 aromatic rings. The molecule has 1 N–H and O–H groups in total. The van der Waals surface area contributed by atoms with Crippen LogP contribution >= 0.6 is 11.3 Å². The molecule has 0 atom stereocenters. The Morgan fingerprint density at radius 3 is 2.36 bits per heavy atom. The Balaban J connectivity index is 0.000000271. The Morgan fingerprint density at radius 2 is 1.70 bits per heavy atom. The van der Waals surface area contributed by atoms with Crippen molar-refractivity contribution in [1.29, 1.82) is 0 Å². The number of aromatic nitrogens is 3. The quantitative estimate of drug-likeness (QED) is 0.109. The van der Waals surface area contributed by atoms with Crippen molar-refractivity contribution in [2.24, 2.45) is 10.8 Å². The van der Waals surface area contributed by atoms with Gasteiger partial charge in [-0.1, -0.05) is 83.7 Å². The summed E-state index contributed by atoms with van der Waals surface area (Å²) in [5.74, 6) is 0.104. The number of allylic oxidation sites excluding steroid dienone is 2. The standard InChI is InChI=1S/C25H16N3OS.C11H20O2.Ir/c1-14-8-18-23-15(2)4-3-5-22(23)29-25(18)19(9-14)24-17-7-6-16(21-11-30-13-28-21)10-20(17)26-12-27-24;1-10(2,3)8(12)7-9(13)11(4,5)6;/h3-8,10-13H,1-2H3;7,12H,1-6H3;/q-1;;. The summed E-state index contributed by atoms with van der Waals surface area (Å²) >= 11 is 1.58. The Morgan fingerprint density at radius 1 is 0.955 bits per heavy atom. The summed E-state index contributed by atoms with van der Waals surface area (Å²) < 4.78 is 6.31. The smallest absolute Gasteiger partial charge is 0.164 e. The summed E-state index contributed by atoms with van der Waals surface area (Å²) in [6.45, 7) is 15.3. The third-order valence-corrected chi connectivity index (χ3v) is 7.83. The van der Waals surface area contributed by atoms with Crippen LogP contribution in [0.5, 0.6) is 0 Å². The molecule has 44 heavy (non-hydrogen) atoms. The summed E-state index contributed by atoms with van der Waals surface area (Å²) in [7, 11) is 0. The molecule has 3 aromatic carbocycles. The van der Waals surface area contributed by atoms with E-state index in [1.165, 1.54) is 11.6 Å². The number of carbonyl (C=O) groups excluding carboxylic acids is 1. The number of furan rings is 1. The number of benzene rings is 3. The predicted molar refractivity (Wildman–Crippen MR) is 176 cm³/mol. The van der Waals surface area contributed by atoms with Crippen LogP contribution in [0.3, 0.4) is 0 Å². The topological polar surface area (TPSA) is 89.1 Å². The van der Waals surface area contributed by atoms with Crippen LogP contribution in [-0.4, -0.2) is 25.8 Å². The van der Waals surface area contributed by atoms with E-state index in [0.717, 1.165) is 60.9 Å². The van der Waals surface area contributed by atoms with E-state index in [1.54, 1.807) is 17.7 Å². The van der Waals surface area contributed by atoms with Crippen molar-refractivity contribution < 1.29 is 34.4 Å². The van der Waals surface area contributed by atoms with Crippen LogP contribution in [-0.2, 0) is 24.9 Å². The maximum absolute atomic E-state index is 11.5. The molecule has 0 aliphatic carbocycles. The average Bonchev–Trinajstić information content (AvgIpc) is 3.60. The Bertz CT molecular complexity index is 2000. The van der Waals surface area contributed by atoms with Crippen LogP contribution in [0.15, 0.2) is 75.9 Å². The van der Waals surface area contributed by atoms with Gasteiger partial charge in [-0.3, -0.25) is 9.78 Å². The first-order valence-electron chi connectivity index (χ1n) is 14.2. The molecule has 0 aliphatic heterocycles. The number of thiazole rings is 1. The second-order valence-electron chi connectivity index (χ2n) is 12.8. The average molecular weight is 783 g/mol. The van der Waals surface area contributed by atoms with Crippen LogP contribution < -0.4 is 0 Å². The zero-order valence-corrected chi connectivity index (χ0v) is 29.4. The Hall–Kier alpha value is -3.71. The molecule has 0 aliphatic rings. The van der Waals surface area contributed by atoms with Gasteiger partial charge < -0.3 is 9.52 Å². The minimum Gasteiger partial charge on any atom is -0.512 e. The van der Waals surface area contributed by atoms with Gasteiger partial charge in [-0.2, -0.15) is 0 Å². The zero-order chi connectivity index (χ0) is 31.1. The first-order chi connectivity index (χ1) is 20.2. The molecule has 0 unspecified atom stereocenters. The van der Waals surface area contributed by atoms with E-state index in [2.05, 4.69) is 65.2 Å². The van der Waals surface area contributed by atoms with E-state index in [9.17, 15) is 9.90 Å². The Kier molecular flexibility index (Phi) is 9.60. The number of hydrogen-bond donors (Lipinski definition) is 1. The number of aliphatic hydroxyl groups is 1. The number of ketones is 1. The first-order valence-corrected chi connectivity index (χ1v) is 15.1. The molecule has 0 amide bonds. The summed E-state index contributed by atoms with van der Waals surface area (Å²) in [6.07, 6.45) is 2.94. The molecule has 0 saturated carbocycles. The number of carbonyl (C=O) groups is 1. The van der Waals surface area contributed by atoms with Gasteiger partial charge in [0.1, 0.15) is 17.7 Å². The van der Waals surface area contributed by atoms with Crippen molar-refractivity contribution in [2.75, 3.05) is 0 Å². The number of hydrogen-bond acceptors (Lipinski definition) is 7. The van der Waals surface area contributed by atoms with Crippen LogP contribution in [0, 0.1) is 30.7 Å². The van der Waals surface area contributed by atoms with Crippen LogP contribution in [0.4, 0.5) is 0 Å². The van der Waals surface area contributed by atoms with Gasteiger partial charge in [0.05, 0.1) is 22.3 Å². The molecule has 1 radical (unpaired) electrons. The minimum atomic E-state index is -0.417. The van der Waals surface area contributed by atoms with E-state index in [4.69, 9.17) is 4.42 Å². The summed E-state index contributed by atoms with van der Waals surface area (Å²) in [4.78, 5) is 25.1. The van der Waals surface area contributed by atoms with Crippen molar-refractivity contribution in [3.8, 4) is 22.5 Å². The molecule has 6 rings (SSSR count). The van der Waals surface area contributed by atoms with E-state index in [1.807, 2.05) is 64.6 Å². The van der Waals surface area contributed by atoms with Crippen LogP contribution in [0.25, 0.3) is 55.4 Å². The summed E-state index contributed by atoms with van der Waals surface area (Å²) in [6, 6.07) is 18.0. The van der Waals surface area contributed by atoms with Crippen molar-refractivity contribution in [1.82, 2.24) is 15.0 Å². The predicted octanol–water partition coefficient (Wildman–Crippen LogP) is 9.82. The fourth-order valence-electron chi connectivity index (χ4n) is 4.67. The van der Waals surface area contributed by atoms with Gasteiger partial charge in [0.15, 0.2) is 5.78 Å². The van der Waals surface area contributed by atoms with E-state index < -0.39 is 5.41 Å².